The summed E-state index contributed by atoms with van der Waals surface area (Å²) in [5.74, 6) is -0.628. The summed E-state index contributed by atoms with van der Waals surface area (Å²) in [6.45, 7) is 0. The van der Waals surface area contributed by atoms with Crippen LogP contribution in [0.4, 0.5) is 5.69 Å². The minimum atomic E-state index is -0.806. The number of halogens is 1. The first-order valence-corrected chi connectivity index (χ1v) is 6.18. The van der Waals surface area contributed by atoms with Crippen molar-refractivity contribution in [2.75, 3.05) is 5.32 Å². The Kier molecular flexibility index (Phi) is 2.63. The highest BCUT2D eigenvalue weighted by Gasteiger charge is 2.35. The molecule has 2 N–H and O–H groups in total. The van der Waals surface area contributed by atoms with Gasteiger partial charge in [-0.1, -0.05) is 42.0 Å². The molecule has 18 heavy (non-hydrogen) atoms. The number of nitrogens with one attached hydrogen (secondary N) is 1. The van der Waals surface area contributed by atoms with E-state index < -0.39 is 5.97 Å². The summed E-state index contributed by atoms with van der Waals surface area (Å²) in [6, 6.07) is 5.82. The van der Waals surface area contributed by atoms with Crippen LogP contribution in [0.25, 0.3) is 0 Å². The second-order valence-electron chi connectivity index (χ2n) is 4.55. The van der Waals surface area contributed by atoms with Crippen LogP contribution in [-0.2, 0) is 4.79 Å². The van der Waals surface area contributed by atoms with Gasteiger partial charge in [-0.3, -0.25) is 4.79 Å². The minimum absolute atomic E-state index is 0.0148. The summed E-state index contributed by atoms with van der Waals surface area (Å²) in [5.41, 5.74) is 2.96. The van der Waals surface area contributed by atoms with Crippen molar-refractivity contribution in [1.82, 2.24) is 0 Å². The lowest BCUT2D eigenvalue weighted by Crippen LogP contribution is -2.25. The molecule has 3 nitrogen and oxygen atoms in total. The Morgan fingerprint density at radius 2 is 2.28 bits per heavy atom. The molecule has 1 aromatic rings. The molecule has 2 atom stereocenters. The van der Waals surface area contributed by atoms with Crippen molar-refractivity contribution < 1.29 is 9.90 Å². The summed E-state index contributed by atoms with van der Waals surface area (Å²) in [5, 5.41) is 13.0. The molecule has 0 radical (unpaired) electrons. The molecule has 1 heterocycles. The Balaban J connectivity index is 1.99. The molecule has 0 fully saturated rings. The van der Waals surface area contributed by atoms with E-state index in [1.54, 1.807) is 0 Å². The number of anilines is 1. The molecule has 1 aromatic carbocycles. The van der Waals surface area contributed by atoms with Gasteiger partial charge in [0.05, 0.1) is 23.2 Å². The van der Waals surface area contributed by atoms with Gasteiger partial charge in [0.2, 0.25) is 0 Å². The molecule has 0 bridgehead atoms. The molecule has 0 saturated heterocycles. The number of para-hydroxylation sites is 1. The van der Waals surface area contributed by atoms with Crippen molar-refractivity contribution in [3.63, 3.8) is 0 Å². The number of hydrogen-bond donors (Lipinski definition) is 2. The smallest absolute Gasteiger partial charge is 0.307 e. The standard InChI is InChI=1S/C14H12ClNO2/c15-11-6-2-5-10-9-4-1-3-8(7-12(17)18)13(9)16-14(10)11/h1-6,9,13,16H,7H2,(H,17,18). The molecule has 2 aliphatic rings. The van der Waals surface area contributed by atoms with Gasteiger partial charge in [-0.25, -0.2) is 0 Å². The third-order valence-corrected chi connectivity index (χ3v) is 3.76. The Morgan fingerprint density at radius 3 is 3.06 bits per heavy atom. The van der Waals surface area contributed by atoms with Crippen molar-refractivity contribution in [1.29, 1.82) is 0 Å². The summed E-state index contributed by atoms with van der Waals surface area (Å²) in [4.78, 5) is 10.9. The van der Waals surface area contributed by atoms with Crippen LogP contribution in [0.3, 0.4) is 0 Å². The second-order valence-corrected chi connectivity index (χ2v) is 4.96. The van der Waals surface area contributed by atoms with E-state index in [2.05, 4.69) is 11.4 Å². The first-order chi connectivity index (χ1) is 8.66. The molecule has 0 spiro atoms. The van der Waals surface area contributed by atoms with E-state index in [0.717, 1.165) is 16.8 Å². The van der Waals surface area contributed by atoms with E-state index >= 15 is 0 Å². The Morgan fingerprint density at radius 1 is 1.44 bits per heavy atom. The highest BCUT2D eigenvalue weighted by Crippen LogP contribution is 2.45. The van der Waals surface area contributed by atoms with Gasteiger partial charge in [-0.15, -0.1) is 0 Å². The molecule has 2 unspecified atom stereocenters. The number of aliphatic carboxylic acids is 1. The lowest BCUT2D eigenvalue weighted by Gasteiger charge is -2.22. The van der Waals surface area contributed by atoms with Crippen molar-refractivity contribution in [3.05, 3.63) is 52.6 Å². The van der Waals surface area contributed by atoms with Gasteiger partial charge in [0.15, 0.2) is 0 Å². The average molecular weight is 262 g/mol. The normalized spacial score (nSPS) is 23.9. The van der Waals surface area contributed by atoms with Gasteiger partial charge in [0.1, 0.15) is 0 Å². The quantitative estimate of drug-likeness (QED) is 0.860. The zero-order valence-corrected chi connectivity index (χ0v) is 10.3. The van der Waals surface area contributed by atoms with Crippen LogP contribution in [0.15, 0.2) is 42.0 Å². The monoisotopic (exact) mass is 261 g/mol. The van der Waals surface area contributed by atoms with Crippen LogP contribution < -0.4 is 5.32 Å². The van der Waals surface area contributed by atoms with Crippen LogP contribution in [0, 0.1) is 0 Å². The van der Waals surface area contributed by atoms with Crippen LogP contribution in [0.5, 0.6) is 0 Å². The third-order valence-electron chi connectivity index (χ3n) is 3.45. The zero-order chi connectivity index (χ0) is 12.7. The van der Waals surface area contributed by atoms with Crippen LogP contribution in [-0.4, -0.2) is 17.1 Å². The first kappa shape index (κ1) is 11.4. The number of carboxylic acid groups (broad SMARTS) is 1. The van der Waals surface area contributed by atoms with Crippen molar-refractivity contribution in [2.24, 2.45) is 0 Å². The summed E-state index contributed by atoms with van der Waals surface area (Å²) in [7, 11) is 0. The van der Waals surface area contributed by atoms with E-state index in [-0.39, 0.29) is 18.4 Å². The lowest BCUT2D eigenvalue weighted by atomic mass is 9.85. The average Bonchev–Trinajstić information content (AvgIpc) is 2.70. The van der Waals surface area contributed by atoms with Crippen molar-refractivity contribution in [2.45, 2.75) is 18.4 Å². The number of benzene rings is 1. The molecule has 1 aliphatic carbocycles. The largest absolute Gasteiger partial charge is 0.481 e. The predicted molar refractivity (Wildman–Crippen MR) is 71.1 cm³/mol. The fraction of sp³-hybridized carbons (Fsp3) is 0.214. The van der Waals surface area contributed by atoms with Crippen LogP contribution in [0.1, 0.15) is 17.9 Å². The fourth-order valence-corrected chi connectivity index (χ4v) is 2.92. The second kappa shape index (κ2) is 4.18. The Bertz CT molecular complexity index is 577. The highest BCUT2D eigenvalue weighted by molar-refractivity contribution is 6.33. The maximum Gasteiger partial charge on any atom is 0.307 e. The fourth-order valence-electron chi connectivity index (χ4n) is 2.68. The van der Waals surface area contributed by atoms with Gasteiger partial charge < -0.3 is 10.4 Å². The number of fused-ring (bicyclic) bond motifs is 3. The van der Waals surface area contributed by atoms with E-state index in [9.17, 15) is 4.79 Å². The Labute approximate surface area is 110 Å². The van der Waals surface area contributed by atoms with E-state index in [1.165, 1.54) is 0 Å². The van der Waals surface area contributed by atoms with Gasteiger partial charge >= 0.3 is 5.97 Å². The summed E-state index contributed by atoms with van der Waals surface area (Å²) < 4.78 is 0. The molecule has 92 valence electrons. The molecule has 0 amide bonds. The maximum absolute atomic E-state index is 10.9. The van der Waals surface area contributed by atoms with Gasteiger partial charge in [-0.05, 0) is 17.2 Å². The molecule has 0 aromatic heterocycles. The SMILES string of the molecule is O=C(O)CC1=CC=CC2c3cccc(Cl)c3NC12. The van der Waals surface area contributed by atoms with Crippen molar-refractivity contribution >= 4 is 23.3 Å². The van der Waals surface area contributed by atoms with Gasteiger partial charge in [0, 0.05) is 5.92 Å². The lowest BCUT2D eigenvalue weighted by molar-refractivity contribution is -0.136. The molecule has 0 saturated carbocycles. The van der Waals surface area contributed by atoms with Crippen LogP contribution >= 0.6 is 11.6 Å². The number of hydrogen-bond acceptors (Lipinski definition) is 2. The number of allylic oxidation sites excluding steroid dienone is 2. The number of carbonyl (C=O) groups is 1. The molecule has 3 rings (SSSR count). The topological polar surface area (TPSA) is 49.3 Å². The number of rotatable bonds is 2. The van der Waals surface area contributed by atoms with Gasteiger partial charge in [0.25, 0.3) is 0 Å². The number of carboxylic acids is 1. The molecular weight excluding hydrogens is 250 g/mol. The predicted octanol–water partition coefficient (Wildman–Crippen LogP) is 3.19. The van der Waals surface area contributed by atoms with E-state index in [0.29, 0.717) is 5.02 Å². The summed E-state index contributed by atoms with van der Waals surface area (Å²) >= 11 is 6.17. The first-order valence-electron chi connectivity index (χ1n) is 5.81. The van der Waals surface area contributed by atoms with Crippen LogP contribution in [0.2, 0.25) is 5.02 Å². The molecular formula is C14H12ClNO2. The third kappa shape index (κ3) is 1.71. The molecule has 4 heteroatoms. The van der Waals surface area contributed by atoms with Gasteiger partial charge in [-0.2, -0.15) is 0 Å². The highest BCUT2D eigenvalue weighted by atomic mass is 35.5. The summed E-state index contributed by atoms with van der Waals surface area (Å²) in [6.07, 6.45) is 5.95. The van der Waals surface area contributed by atoms with E-state index in [4.69, 9.17) is 16.7 Å². The maximum atomic E-state index is 10.9. The molecule has 1 aliphatic heterocycles. The zero-order valence-electron chi connectivity index (χ0n) is 9.56. The van der Waals surface area contributed by atoms with E-state index in [1.807, 2.05) is 30.4 Å². The Hall–Kier alpha value is -1.74. The van der Waals surface area contributed by atoms with Crippen molar-refractivity contribution in [3.8, 4) is 0 Å². The minimum Gasteiger partial charge on any atom is -0.481 e.